The molecule has 2 heterocycles. The summed E-state index contributed by atoms with van der Waals surface area (Å²) in [6.45, 7) is 1.93. The summed E-state index contributed by atoms with van der Waals surface area (Å²) in [6, 6.07) is 6.54. The van der Waals surface area contributed by atoms with Gasteiger partial charge in [-0.1, -0.05) is 30.0 Å². The molecule has 0 bridgehead atoms. The molecule has 1 amide bonds. The number of halogens is 3. The van der Waals surface area contributed by atoms with Crippen molar-refractivity contribution in [3.05, 3.63) is 56.6 Å². The summed E-state index contributed by atoms with van der Waals surface area (Å²) in [7, 11) is 0. The van der Waals surface area contributed by atoms with Crippen LogP contribution in [0.5, 0.6) is 0 Å². The first-order valence-electron chi connectivity index (χ1n) is 6.76. The van der Waals surface area contributed by atoms with E-state index in [1.807, 2.05) is 18.4 Å². The second-order valence-electron chi connectivity index (χ2n) is 5.03. The average Bonchev–Trinajstić information content (AvgIpc) is 3.03. The third-order valence-electron chi connectivity index (χ3n) is 3.39. The summed E-state index contributed by atoms with van der Waals surface area (Å²) < 4.78 is 38.8. The fourth-order valence-electron chi connectivity index (χ4n) is 2.16. The van der Waals surface area contributed by atoms with Crippen LogP contribution >= 0.6 is 35.3 Å². The summed E-state index contributed by atoms with van der Waals surface area (Å²) in [6.07, 6.45) is -2.74. The van der Waals surface area contributed by atoms with Gasteiger partial charge in [0, 0.05) is 4.88 Å². The van der Waals surface area contributed by atoms with E-state index in [-0.39, 0.29) is 10.0 Å². The lowest BCUT2D eigenvalue weighted by Gasteiger charge is -2.16. The molecule has 0 aliphatic carbocycles. The molecule has 0 N–H and O–H groups in total. The molecule has 0 atom stereocenters. The standard InChI is InChI=1S/C16H10F3NOS3/c1-9-5-6-23-12(9)8-13-14(21)20(15(22)24-13)11-4-2-3-10(7-11)16(17,18)19/h2-8H,1H3/b13-8+. The lowest BCUT2D eigenvalue weighted by atomic mass is 10.2. The van der Waals surface area contributed by atoms with Gasteiger partial charge in [-0.25, -0.2) is 0 Å². The maximum Gasteiger partial charge on any atom is 0.416 e. The van der Waals surface area contributed by atoms with Crippen LogP contribution in [0.2, 0.25) is 0 Å². The van der Waals surface area contributed by atoms with Crippen molar-refractivity contribution in [1.82, 2.24) is 0 Å². The maximum atomic E-state index is 12.9. The third kappa shape index (κ3) is 3.26. The van der Waals surface area contributed by atoms with E-state index in [1.54, 1.807) is 6.08 Å². The van der Waals surface area contributed by atoms with E-state index in [2.05, 4.69) is 0 Å². The van der Waals surface area contributed by atoms with Crippen LogP contribution in [0.25, 0.3) is 6.08 Å². The quantitative estimate of drug-likeness (QED) is 0.504. The minimum Gasteiger partial charge on any atom is -0.268 e. The Morgan fingerprint density at radius 1 is 1.25 bits per heavy atom. The number of benzene rings is 1. The molecule has 8 heteroatoms. The molecule has 2 nitrogen and oxygen atoms in total. The van der Waals surface area contributed by atoms with Crippen molar-refractivity contribution in [2.75, 3.05) is 4.90 Å². The number of alkyl halides is 3. The summed E-state index contributed by atoms with van der Waals surface area (Å²) in [4.78, 5) is 15.1. The van der Waals surface area contributed by atoms with Crippen molar-refractivity contribution in [3.63, 3.8) is 0 Å². The third-order valence-corrected chi connectivity index (χ3v) is 5.66. The second kappa shape index (κ2) is 6.34. The molecule has 1 aromatic heterocycles. The number of carbonyl (C=O) groups excluding carboxylic acids is 1. The number of thiophene rings is 1. The molecule has 0 unspecified atom stereocenters. The Morgan fingerprint density at radius 2 is 2.00 bits per heavy atom. The molecule has 1 aliphatic heterocycles. The Balaban J connectivity index is 1.96. The van der Waals surface area contributed by atoms with E-state index in [9.17, 15) is 18.0 Å². The molecule has 1 aromatic carbocycles. The fraction of sp³-hybridized carbons (Fsp3) is 0.125. The highest BCUT2D eigenvalue weighted by molar-refractivity contribution is 8.27. The number of aryl methyl sites for hydroxylation is 1. The van der Waals surface area contributed by atoms with Gasteiger partial charge in [-0.3, -0.25) is 9.69 Å². The first kappa shape index (κ1) is 17.2. The van der Waals surface area contributed by atoms with Crippen molar-refractivity contribution >= 4 is 57.3 Å². The summed E-state index contributed by atoms with van der Waals surface area (Å²) in [5, 5.41) is 1.91. The number of anilines is 1. The largest absolute Gasteiger partial charge is 0.416 e. The van der Waals surface area contributed by atoms with Gasteiger partial charge in [-0.15, -0.1) is 11.3 Å². The number of thioether (sulfide) groups is 1. The smallest absolute Gasteiger partial charge is 0.268 e. The number of nitrogens with zero attached hydrogens (tertiary/aromatic N) is 1. The topological polar surface area (TPSA) is 20.3 Å². The summed E-state index contributed by atoms with van der Waals surface area (Å²) in [5.41, 5.74) is 0.343. The first-order chi connectivity index (χ1) is 11.3. The molecular weight excluding hydrogens is 375 g/mol. The van der Waals surface area contributed by atoms with Crippen LogP contribution in [0, 0.1) is 6.92 Å². The van der Waals surface area contributed by atoms with Gasteiger partial charge in [0.05, 0.1) is 16.2 Å². The Hall–Kier alpha value is -1.64. The fourth-order valence-corrected chi connectivity index (χ4v) is 4.38. The SMILES string of the molecule is Cc1ccsc1/C=C1/SC(=S)N(c2cccc(C(F)(F)F)c2)C1=O. The molecule has 0 radical (unpaired) electrons. The molecule has 124 valence electrons. The van der Waals surface area contributed by atoms with Crippen LogP contribution in [-0.4, -0.2) is 10.2 Å². The van der Waals surface area contributed by atoms with Crippen molar-refractivity contribution in [2.45, 2.75) is 13.1 Å². The lowest BCUT2D eigenvalue weighted by Crippen LogP contribution is -2.27. The molecule has 1 saturated heterocycles. The Morgan fingerprint density at radius 3 is 2.62 bits per heavy atom. The van der Waals surface area contributed by atoms with Crippen LogP contribution in [0.3, 0.4) is 0 Å². The van der Waals surface area contributed by atoms with Gasteiger partial charge in [0.1, 0.15) is 0 Å². The van der Waals surface area contributed by atoms with E-state index in [1.165, 1.54) is 23.5 Å². The predicted octanol–water partition coefficient (Wildman–Crippen LogP) is 5.48. The molecule has 0 spiro atoms. The van der Waals surface area contributed by atoms with E-state index in [4.69, 9.17) is 12.2 Å². The molecule has 1 fully saturated rings. The molecular formula is C16H10F3NOS3. The molecule has 0 saturated carbocycles. The highest BCUT2D eigenvalue weighted by atomic mass is 32.2. The van der Waals surface area contributed by atoms with Crippen LogP contribution < -0.4 is 4.90 Å². The Labute approximate surface area is 150 Å². The van der Waals surface area contributed by atoms with Gasteiger partial charge < -0.3 is 0 Å². The molecule has 2 aromatic rings. The zero-order chi connectivity index (χ0) is 17.5. The normalized spacial score (nSPS) is 17.2. The number of rotatable bonds is 2. The minimum atomic E-state index is -4.47. The van der Waals surface area contributed by atoms with E-state index < -0.39 is 17.6 Å². The first-order valence-corrected chi connectivity index (χ1v) is 8.87. The minimum absolute atomic E-state index is 0.124. The van der Waals surface area contributed by atoms with E-state index in [0.29, 0.717) is 4.91 Å². The Kier molecular flexibility index (Phi) is 4.54. The maximum absolute atomic E-state index is 12.9. The molecule has 1 aliphatic rings. The van der Waals surface area contributed by atoms with Crippen LogP contribution in [-0.2, 0) is 11.0 Å². The van der Waals surface area contributed by atoms with E-state index in [0.717, 1.165) is 39.2 Å². The van der Waals surface area contributed by atoms with E-state index >= 15 is 0 Å². The van der Waals surface area contributed by atoms with Crippen molar-refractivity contribution in [3.8, 4) is 0 Å². The van der Waals surface area contributed by atoms with Crippen LogP contribution in [0.15, 0.2) is 40.6 Å². The molecule has 3 rings (SSSR count). The van der Waals surface area contributed by atoms with Gasteiger partial charge in [0.15, 0.2) is 4.32 Å². The van der Waals surface area contributed by atoms with Crippen LogP contribution in [0.4, 0.5) is 18.9 Å². The average molecular weight is 385 g/mol. The summed E-state index contributed by atoms with van der Waals surface area (Å²) in [5.74, 6) is -0.405. The van der Waals surface area contributed by atoms with Gasteiger partial charge in [-0.05, 0) is 48.2 Å². The van der Waals surface area contributed by atoms with Crippen molar-refractivity contribution < 1.29 is 18.0 Å². The Bertz CT molecular complexity index is 854. The van der Waals surface area contributed by atoms with Gasteiger partial charge in [0.2, 0.25) is 0 Å². The number of hydrogen-bond acceptors (Lipinski definition) is 4. The number of hydrogen-bond donors (Lipinski definition) is 0. The van der Waals surface area contributed by atoms with Gasteiger partial charge >= 0.3 is 6.18 Å². The number of carbonyl (C=O) groups is 1. The monoisotopic (exact) mass is 385 g/mol. The highest BCUT2D eigenvalue weighted by Crippen LogP contribution is 2.39. The lowest BCUT2D eigenvalue weighted by molar-refractivity contribution is -0.137. The zero-order valence-corrected chi connectivity index (χ0v) is 14.7. The number of amides is 1. The van der Waals surface area contributed by atoms with Crippen molar-refractivity contribution in [2.24, 2.45) is 0 Å². The van der Waals surface area contributed by atoms with Crippen LogP contribution in [0.1, 0.15) is 16.0 Å². The number of thiocarbonyl (C=S) groups is 1. The van der Waals surface area contributed by atoms with Gasteiger partial charge in [0.25, 0.3) is 5.91 Å². The van der Waals surface area contributed by atoms with Crippen molar-refractivity contribution in [1.29, 1.82) is 0 Å². The predicted molar refractivity (Wildman–Crippen MR) is 96.2 cm³/mol. The van der Waals surface area contributed by atoms with Gasteiger partial charge in [-0.2, -0.15) is 13.2 Å². The second-order valence-corrected chi connectivity index (χ2v) is 7.66. The summed E-state index contributed by atoms with van der Waals surface area (Å²) >= 11 is 7.77. The highest BCUT2D eigenvalue weighted by Gasteiger charge is 2.36. The molecule has 24 heavy (non-hydrogen) atoms. The zero-order valence-electron chi connectivity index (χ0n) is 12.3.